The Morgan fingerprint density at radius 1 is 1.06 bits per heavy atom. The van der Waals surface area contributed by atoms with E-state index < -0.39 is 48.1 Å². The van der Waals surface area contributed by atoms with Gasteiger partial charge in [-0.05, 0) is 40.7 Å². The van der Waals surface area contributed by atoms with Crippen LogP contribution in [0.5, 0.6) is 0 Å². The number of ether oxygens (including phenoxy) is 1. The van der Waals surface area contributed by atoms with E-state index in [1.54, 1.807) is 0 Å². The van der Waals surface area contributed by atoms with Crippen molar-refractivity contribution in [2.24, 2.45) is 0 Å². The standard InChI is InChI=1S/C26H31NO6/c1-27(2,25-23(30)21(28)22(29)24(33-25)26(31)32)15-7-12-20-18-10-5-3-8-16(18)13-14-17-9-4-6-11-19(17)20/h3-6,8-12,21-25,28-30H,7,13-15H2,1-2H3/t21-,22-,23+,24-,25?/m0/s1/i1D3/t21-,22-,23+,24-,25?,27?. The predicted molar refractivity (Wildman–Crippen MR) is 121 cm³/mol. The molecular weight excluding hydrogens is 422 g/mol. The van der Waals surface area contributed by atoms with E-state index in [2.05, 4.69) is 12.1 Å². The van der Waals surface area contributed by atoms with Gasteiger partial charge in [0.25, 0.3) is 0 Å². The molecule has 0 spiro atoms. The van der Waals surface area contributed by atoms with Gasteiger partial charge in [-0.1, -0.05) is 54.6 Å². The van der Waals surface area contributed by atoms with Crippen LogP contribution in [-0.2, 0) is 22.4 Å². The van der Waals surface area contributed by atoms with E-state index in [0.29, 0.717) is 0 Å². The molecule has 1 heterocycles. The van der Waals surface area contributed by atoms with E-state index in [-0.39, 0.29) is 13.0 Å². The molecule has 7 heteroatoms. The number of aryl methyl sites for hydroxylation is 2. The number of carbonyl (C=O) groups is 1. The fraction of sp³-hybridized carbons (Fsp3) is 0.423. The third-order valence-corrected chi connectivity index (χ3v) is 6.60. The summed E-state index contributed by atoms with van der Waals surface area (Å²) < 4.78 is 29.0. The van der Waals surface area contributed by atoms with Crippen molar-refractivity contribution in [3.05, 3.63) is 76.9 Å². The Morgan fingerprint density at radius 3 is 2.18 bits per heavy atom. The Morgan fingerprint density at radius 2 is 1.64 bits per heavy atom. The van der Waals surface area contributed by atoms with Crippen molar-refractivity contribution in [1.29, 1.82) is 0 Å². The molecule has 4 rings (SSSR count). The van der Waals surface area contributed by atoms with Gasteiger partial charge in [-0.2, -0.15) is 0 Å². The average molecular weight is 457 g/mol. The predicted octanol–water partition coefficient (Wildman–Crippen LogP) is 0.241. The topological polar surface area (TPSA) is 110 Å². The Bertz CT molecular complexity index is 1100. The lowest BCUT2D eigenvalue weighted by atomic mass is 9.93. The number of carboxylic acid groups (broad SMARTS) is 1. The number of hydrogen-bond donors (Lipinski definition) is 3. The van der Waals surface area contributed by atoms with Gasteiger partial charge in [0.2, 0.25) is 6.23 Å². The number of carboxylic acids is 1. The smallest absolute Gasteiger partial charge is 0.222 e. The number of nitrogens with zero attached hydrogens (tertiary/aromatic N) is 1. The van der Waals surface area contributed by atoms with Crippen LogP contribution in [0, 0.1) is 0 Å². The number of likely N-dealkylation sites (N-methyl/N-ethyl adjacent to an activating group) is 1. The van der Waals surface area contributed by atoms with Crippen LogP contribution >= 0.6 is 0 Å². The Labute approximate surface area is 198 Å². The summed E-state index contributed by atoms with van der Waals surface area (Å²) in [7, 11) is 1.32. The summed E-state index contributed by atoms with van der Waals surface area (Å²) in [6.45, 7) is -2.80. The number of aliphatic carboxylic acids is 1. The van der Waals surface area contributed by atoms with E-state index >= 15 is 0 Å². The SMILES string of the molecule is [2H]C([2H])([2H])[N+](C)(CCC=C1c2ccccc2CCc2ccccc21)C1O[C@H](C(=O)[O-])[C@@H](O)[C@H](O)[C@H]1O. The minimum Gasteiger partial charge on any atom is -0.547 e. The van der Waals surface area contributed by atoms with Gasteiger partial charge in [0.1, 0.15) is 18.3 Å². The zero-order valence-corrected chi connectivity index (χ0v) is 18.4. The van der Waals surface area contributed by atoms with Gasteiger partial charge in [0, 0.05) is 6.42 Å². The monoisotopic (exact) mass is 456 g/mol. The molecule has 33 heavy (non-hydrogen) atoms. The van der Waals surface area contributed by atoms with Gasteiger partial charge in [-0.15, -0.1) is 0 Å². The largest absolute Gasteiger partial charge is 0.547 e. The van der Waals surface area contributed by atoms with Crippen molar-refractivity contribution in [1.82, 2.24) is 0 Å². The van der Waals surface area contributed by atoms with Crippen LogP contribution < -0.4 is 5.11 Å². The lowest BCUT2D eigenvalue weighted by molar-refractivity contribution is -0.944. The highest BCUT2D eigenvalue weighted by Crippen LogP contribution is 2.34. The number of aliphatic hydroxyl groups is 3. The third kappa shape index (κ3) is 4.60. The molecule has 2 aliphatic rings. The summed E-state index contributed by atoms with van der Waals surface area (Å²) in [4.78, 5) is 11.5. The minimum absolute atomic E-state index is 0.0609. The normalized spacial score (nSPS) is 30.5. The first-order valence-electron chi connectivity index (χ1n) is 12.6. The number of carbonyl (C=O) groups excluding carboxylic acids is 1. The van der Waals surface area contributed by atoms with Crippen molar-refractivity contribution in [3.63, 3.8) is 0 Å². The Hall–Kier alpha value is -2.55. The zero-order valence-electron chi connectivity index (χ0n) is 21.4. The highest BCUT2D eigenvalue weighted by molar-refractivity contribution is 5.83. The van der Waals surface area contributed by atoms with Crippen LogP contribution in [0.4, 0.5) is 0 Å². The lowest BCUT2D eigenvalue weighted by Gasteiger charge is -2.47. The first-order valence-corrected chi connectivity index (χ1v) is 11.1. The highest BCUT2D eigenvalue weighted by Gasteiger charge is 2.50. The average Bonchev–Trinajstić information content (AvgIpc) is 2.99. The van der Waals surface area contributed by atoms with Crippen molar-refractivity contribution in [3.8, 4) is 0 Å². The summed E-state index contributed by atoms with van der Waals surface area (Å²) in [5.41, 5.74) is 5.48. The van der Waals surface area contributed by atoms with E-state index in [0.717, 1.165) is 29.5 Å². The van der Waals surface area contributed by atoms with Crippen molar-refractivity contribution < 1.29 is 38.6 Å². The Balaban J connectivity index is 1.69. The van der Waals surface area contributed by atoms with Crippen LogP contribution in [0.25, 0.3) is 5.57 Å². The van der Waals surface area contributed by atoms with Gasteiger partial charge in [-0.3, -0.25) is 0 Å². The molecule has 0 bridgehead atoms. The number of benzene rings is 2. The summed E-state index contributed by atoms with van der Waals surface area (Å²) >= 11 is 0. The molecule has 0 aromatic heterocycles. The molecule has 176 valence electrons. The van der Waals surface area contributed by atoms with Gasteiger partial charge < -0.3 is 34.4 Å². The molecular formula is C26H31NO6. The maximum atomic E-state index is 11.5. The second kappa shape index (κ2) is 9.37. The van der Waals surface area contributed by atoms with Crippen LogP contribution in [0.3, 0.4) is 0 Å². The Kier molecular flexibility index (Phi) is 5.64. The summed E-state index contributed by atoms with van der Waals surface area (Å²) in [5, 5.41) is 42.4. The quantitative estimate of drug-likeness (QED) is 0.556. The highest BCUT2D eigenvalue weighted by atomic mass is 16.6. The molecule has 3 N–H and O–H groups in total. The first kappa shape index (κ1) is 19.9. The number of rotatable bonds is 5. The van der Waals surface area contributed by atoms with Gasteiger partial charge in [0.05, 0.1) is 30.6 Å². The fourth-order valence-corrected chi connectivity index (χ4v) is 4.77. The molecule has 7 nitrogen and oxygen atoms in total. The van der Waals surface area contributed by atoms with Gasteiger partial charge >= 0.3 is 0 Å². The van der Waals surface area contributed by atoms with Crippen LogP contribution in [-0.4, -0.2) is 77.0 Å². The molecule has 0 radical (unpaired) electrons. The molecule has 2 unspecified atom stereocenters. The molecule has 1 fully saturated rings. The second-order valence-electron chi connectivity index (χ2n) is 8.95. The molecule has 1 saturated heterocycles. The lowest BCUT2D eigenvalue weighted by Crippen LogP contribution is -2.69. The number of aliphatic hydroxyl groups excluding tert-OH is 3. The second-order valence-corrected chi connectivity index (χ2v) is 8.95. The number of fused-ring (bicyclic) bond motifs is 2. The van der Waals surface area contributed by atoms with E-state index in [1.807, 2.05) is 42.5 Å². The molecule has 2 aromatic carbocycles. The third-order valence-electron chi connectivity index (χ3n) is 6.60. The molecule has 1 aliphatic heterocycles. The van der Waals surface area contributed by atoms with E-state index in [9.17, 15) is 25.2 Å². The maximum absolute atomic E-state index is 11.5. The molecule has 0 amide bonds. The zero-order chi connectivity index (χ0) is 26.3. The van der Waals surface area contributed by atoms with Crippen LogP contribution in [0.2, 0.25) is 0 Å². The molecule has 2 aromatic rings. The van der Waals surface area contributed by atoms with Gasteiger partial charge in [-0.25, -0.2) is 0 Å². The number of quaternary nitrogens is 1. The minimum atomic E-state index is -2.73. The summed E-state index contributed by atoms with van der Waals surface area (Å²) in [6.07, 6.45) is -5.33. The maximum Gasteiger partial charge on any atom is 0.222 e. The fourth-order valence-electron chi connectivity index (χ4n) is 4.77. The van der Waals surface area contributed by atoms with E-state index in [4.69, 9.17) is 8.85 Å². The first-order chi connectivity index (χ1) is 17.0. The molecule has 0 saturated carbocycles. The molecule has 1 aliphatic carbocycles. The summed E-state index contributed by atoms with van der Waals surface area (Å²) in [6, 6.07) is 16.1. The van der Waals surface area contributed by atoms with Crippen molar-refractivity contribution in [2.45, 2.75) is 49.9 Å². The molecule has 6 atom stereocenters. The number of hydrogen-bond acceptors (Lipinski definition) is 6. The van der Waals surface area contributed by atoms with Crippen LogP contribution in [0.15, 0.2) is 54.6 Å². The van der Waals surface area contributed by atoms with Crippen molar-refractivity contribution >= 4 is 11.5 Å². The van der Waals surface area contributed by atoms with Crippen molar-refractivity contribution in [2.75, 3.05) is 20.6 Å². The van der Waals surface area contributed by atoms with Gasteiger partial charge in [0.15, 0.2) is 6.10 Å². The van der Waals surface area contributed by atoms with Crippen LogP contribution in [0.1, 0.15) is 32.8 Å². The summed E-state index contributed by atoms with van der Waals surface area (Å²) in [5.74, 6) is -1.80. The van der Waals surface area contributed by atoms with E-state index in [1.165, 1.54) is 18.2 Å².